The summed E-state index contributed by atoms with van der Waals surface area (Å²) < 4.78 is 17.5. The lowest BCUT2D eigenvalue weighted by molar-refractivity contribution is -0.142. The molecule has 0 aromatic rings. The van der Waals surface area contributed by atoms with Crippen LogP contribution in [0.4, 0.5) is 0 Å². The highest BCUT2D eigenvalue weighted by molar-refractivity contribution is 6.55. The van der Waals surface area contributed by atoms with E-state index in [1.54, 1.807) is 0 Å². The summed E-state index contributed by atoms with van der Waals surface area (Å²) in [6.07, 6.45) is 2.68. The van der Waals surface area contributed by atoms with E-state index < -0.39 is 18.3 Å². The standard InChI is InChI=1S/C18H31BO4/c1-9-11-14(12-15(20)21-10-2)16(13(3)4)19-22-17(5,6)18(7,8)23-19/h9,13H,1,10-12H2,2-8H3/b16-14+. The van der Waals surface area contributed by atoms with Crippen molar-refractivity contribution >= 4 is 13.1 Å². The van der Waals surface area contributed by atoms with Gasteiger partial charge in [0, 0.05) is 0 Å². The molecule has 0 aliphatic carbocycles. The molecular weight excluding hydrogens is 291 g/mol. The molecule has 1 heterocycles. The predicted octanol–water partition coefficient (Wildman–Crippen LogP) is 4.10. The van der Waals surface area contributed by atoms with E-state index >= 15 is 0 Å². The molecule has 0 unspecified atom stereocenters. The first-order valence-electron chi connectivity index (χ1n) is 8.39. The van der Waals surface area contributed by atoms with Crippen molar-refractivity contribution in [2.24, 2.45) is 5.92 Å². The van der Waals surface area contributed by atoms with Gasteiger partial charge in [0.25, 0.3) is 0 Å². The number of ether oxygens (including phenoxy) is 1. The first-order chi connectivity index (χ1) is 10.6. The molecule has 130 valence electrons. The van der Waals surface area contributed by atoms with Gasteiger partial charge in [0.15, 0.2) is 0 Å². The van der Waals surface area contributed by atoms with Gasteiger partial charge in [0.05, 0.1) is 24.2 Å². The first kappa shape index (κ1) is 20.0. The Balaban J connectivity index is 3.19. The molecule has 0 radical (unpaired) electrons. The molecule has 0 N–H and O–H groups in total. The monoisotopic (exact) mass is 322 g/mol. The second-order valence-corrected chi connectivity index (χ2v) is 7.28. The van der Waals surface area contributed by atoms with Crippen LogP contribution in [0.15, 0.2) is 23.7 Å². The number of esters is 1. The maximum Gasteiger partial charge on any atom is 0.490 e. The zero-order valence-electron chi connectivity index (χ0n) is 15.7. The van der Waals surface area contributed by atoms with E-state index in [2.05, 4.69) is 20.4 Å². The van der Waals surface area contributed by atoms with Gasteiger partial charge in [-0.25, -0.2) is 0 Å². The molecule has 1 aliphatic rings. The third-order valence-corrected chi connectivity index (χ3v) is 4.59. The Morgan fingerprint density at radius 2 is 1.74 bits per heavy atom. The molecule has 0 amide bonds. The van der Waals surface area contributed by atoms with Crippen LogP contribution in [-0.4, -0.2) is 30.9 Å². The zero-order valence-corrected chi connectivity index (χ0v) is 15.7. The smallest absolute Gasteiger partial charge is 0.466 e. The Hall–Kier alpha value is -1.07. The van der Waals surface area contributed by atoms with Gasteiger partial charge in [0.2, 0.25) is 0 Å². The molecule has 0 aromatic heterocycles. The van der Waals surface area contributed by atoms with Gasteiger partial charge < -0.3 is 14.0 Å². The van der Waals surface area contributed by atoms with E-state index in [0.717, 1.165) is 11.0 Å². The summed E-state index contributed by atoms with van der Waals surface area (Å²) in [5.74, 6) is -0.0203. The highest BCUT2D eigenvalue weighted by atomic mass is 16.7. The largest absolute Gasteiger partial charge is 0.490 e. The molecule has 0 atom stereocenters. The highest BCUT2D eigenvalue weighted by Crippen LogP contribution is 2.41. The topological polar surface area (TPSA) is 44.8 Å². The van der Waals surface area contributed by atoms with Crippen molar-refractivity contribution in [3.05, 3.63) is 23.7 Å². The van der Waals surface area contributed by atoms with Crippen LogP contribution >= 0.6 is 0 Å². The summed E-state index contributed by atoms with van der Waals surface area (Å²) in [6, 6.07) is 0. The molecule has 1 rings (SSSR count). The number of allylic oxidation sites excluding steroid dienone is 2. The maximum absolute atomic E-state index is 12.0. The van der Waals surface area contributed by atoms with Crippen molar-refractivity contribution < 1.29 is 18.8 Å². The van der Waals surface area contributed by atoms with Crippen molar-refractivity contribution in [3.8, 4) is 0 Å². The second kappa shape index (κ2) is 7.67. The Morgan fingerprint density at radius 1 is 1.22 bits per heavy atom. The van der Waals surface area contributed by atoms with E-state index in [0.29, 0.717) is 13.0 Å². The lowest BCUT2D eigenvalue weighted by Gasteiger charge is -2.32. The van der Waals surface area contributed by atoms with E-state index in [1.165, 1.54) is 0 Å². The quantitative estimate of drug-likeness (QED) is 0.402. The Labute approximate surface area is 141 Å². The molecule has 0 bridgehead atoms. The summed E-state index contributed by atoms with van der Waals surface area (Å²) in [4.78, 5) is 12.0. The fraction of sp³-hybridized carbons (Fsp3) is 0.722. The number of carbonyl (C=O) groups is 1. The van der Waals surface area contributed by atoms with Gasteiger partial charge >= 0.3 is 13.1 Å². The van der Waals surface area contributed by atoms with E-state index in [1.807, 2.05) is 40.7 Å². The number of carbonyl (C=O) groups excluding carboxylic acids is 1. The van der Waals surface area contributed by atoms with Gasteiger partial charge in [-0.1, -0.05) is 25.5 Å². The van der Waals surface area contributed by atoms with Gasteiger partial charge in [-0.2, -0.15) is 0 Å². The SMILES string of the molecule is C=CC/C(CC(=O)OCC)=C(\B1OC(C)(C)C(C)(C)O1)C(C)C. The van der Waals surface area contributed by atoms with Crippen LogP contribution < -0.4 is 0 Å². The molecule has 0 saturated carbocycles. The molecule has 23 heavy (non-hydrogen) atoms. The molecule has 4 nitrogen and oxygen atoms in total. The molecular formula is C18H31BO4. The number of hydrogen-bond acceptors (Lipinski definition) is 4. The molecule has 0 aromatic carbocycles. The van der Waals surface area contributed by atoms with Crippen molar-refractivity contribution in [3.63, 3.8) is 0 Å². The second-order valence-electron chi connectivity index (χ2n) is 7.28. The van der Waals surface area contributed by atoms with Crippen LogP contribution in [0.3, 0.4) is 0 Å². The van der Waals surface area contributed by atoms with Gasteiger partial charge in [-0.15, -0.1) is 6.58 Å². The molecule has 1 saturated heterocycles. The summed E-state index contributed by atoms with van der Waals surface area (Å²) in [5, 5.41) is 0. The van der Waals surface area contributed by atoms with Gasteiger partial charge in [-0.05, 0) is 52.4 Å². The van der Waals surface area contributed by atoms with Crippen molar-refractivity contribution in [2.75, 3.05) is 6.61 Å². The Morgan fingerprint density at radius 3 is 2.13 bits per heavy atom. The summed E-state index contributed by atoms with van der Waals surface area (Å²) >= 11 is 0. The van der Waals surface area contributed by atoms with Gasteiger partial charge in [0.1, 0.15) is 0 Å². The van der Waals surface area contributed by atoms with Crippen LogP contribution in [0, 0.1) is 5.92 Å². The fourth-order valence-electron chi connectivity index (χ4n) is 2.67. The molecule has 0 spiro atoms. The fourth-order valence-corrected chi connectivity index (χ4v) is 2.67. The lowest BCUT2D eigenvalue weighted by Crippen LogP contribution is -2.41. The van der Waals surface area contributed by atoms with Crippen LogP contribution in [0.1, 0.15) is 61.3 Å². The predicted molar refractivity (Wildman–Crippen MR) is 94.0 cm³/mol. The van der Waals surface area contributed by atoms with Crippen LogP contribution in [0.2, 0.25) is 0 Å². The van der Waals surface area contributed by atoms with Crippen molar-refractivity contribution in [2.45, 2.75) is 72.5 Å². The average Bonchev–Trinajstić information content (AvgIpc) is 2.57. The average molecular weight is 322 g/mol. The van der Waals surface area contributed by atoms with Crippen LogP contribution in [-0.2, 0) is 18.8 Å². The van der Waals surface area contributed by atoms with Crippen molar-refractivity contribution in [1.82, 2.24) is 0 Å². The lowest BCUT2D eigenvalue weighted by atomic mass is 9.68. The Kier molecular flexibility index (Phi) is 6.66. The summed E-state index contributed by atoms with van der Waals surface area (Å²) in [6.45, 7) is 18.3. The number of hydrogen-bond donors (Lipinski definition) is 0. The van der Waals surface area contributed by atoms with E-state index in [-0.39, 0.29) is 18.3 Å². The molecule has 5 heteroatoms. The molecule has 1 fully saturated rings. The summed E-state index contributed by atoms with van der Waals surface area (Å²) in [5.41, 5.74) is 1.20. The van der Waals surface area contributed by atoms with Crippen molar-refractivity contribution in [1.29, 1.82) is 0 Å². The highest BCUT2D eigenvalue weighted by Gasteiger charge is 2.53. The minimum atomic E-state index is -0.440. The van der Waals surface area contributed by atoms with Crippen LogP contribution in [0.25, 0.3) is 0 Å². The van der Waals surface area contributed by atoms with E-state index in [4.69, 9.17) is 14.0 Å². The normalized spacial score (nSPS) is 20.4. The minimum absolute atomic E-state index is 0.203. The van der Waals surface area contributed by atoms with E-state index in [9.17, 15) is 4.79 Å². The van der Waals surface area contributed by atoms with Gasteiger partial charge in [-0.3, -0.25) is 4.79 Å². The number of rotatable bonds is 7. The third kappa shape index (κ3) is 4.71. The van der Waals surface area contributed by atoms with Crippen LogP contribution in [0.5, 0.6) is 0 Å². The zero-order chi connectivity index (χ0) is 17.8. The minimum Gasteiger partial charge on any atom is -0.466 e. The maximum atomic E-state index is 12.0. The molecule has 1 aliphatic heterocycles. The summed E-state index contributed by atoms with van der Waals surface area (Å²) in [7, 11) is -0.440. The first-order valence-corrected chi connectivity index (χ1v) is 8.39. The third-order valence-electron chi connectivity index (χ3n) is 4.59. The Bertz CT molecular complexity index is 461.